The van der Waals surface area contributed by atoms with E-state index in [4.69, 9.17) is 14.2 Å². The average Bonchev–Trinajstić information content (AvgIpc) is 3.30. The molecule has 0 saturated carbocycles. The zero-order valence-corrected chi connectivity index (χ0v) is 43.0. The van der Waals surface area contributed by atoms with Gasteiger partial charge in [0.15, 0.2) is 6.10 Å². The minimum absolute atomic E-state index is 0.0855. The van der Waals surface area contributed by atoms with E-state index in [2.05, 4.69) is 81.5 Å². The average molecular weight is 909 g/mol. The molecule has 0 aliphatic rings. The summed E-state index contributed by atoms with van der Waals surface area (Å²) in [5.41, 5.74) is 0. The van der Waals surface area contributed by atoms with Gasteiger partial charge in [-0.1, -0.05) is 255 Å². The van der Waals surface area contributed by atoms with Gasteiger partial charge in [0.2, 0.25) is 0 Å². The molecule has 0 aliphatic heterocycles. The van der Waals surface area contributed by atoms with Crippen LogP contribution >= 0.6 is 0 Å². The van der Waals surface area contributed by atoms with Crippen LogP contribution in [-0.2, 0) is 28.6 Å². The highest BCUT2D eigenvalue weighted by Gasteiger charge is 2.19. The first-order valence-corrected chi connectivity index (χ1v) is 27.8. The SMILES string of the molecule is CC/C=C\C/C=C\C/C=C\C/C=C\C/C=C\CCCCCC(=O)OC(COC(=O)CCCCCCC)COC(=O)CCCCCCCCCCCCCCCCCCCCCCCCC. The first-order chi connectivity index (χ1) is 32.0. The molecule has 0 amide bonds. The fourth-order valence-corrected chi connectivity index (χ4v) is 7.88. The molecular weight excluding hydrogens is 805 g/mol. The van der Waals surface area contributed by atoms with Crippen molar-refractivity contribution in [1.29, 1.82) is 0 Å². The lowest BCUT2D eigenvalue weighted by Gasteiger charge is -2.18. The molecule has 0 aromatic heterocycles. The van der Waals surface area contributed by atoms with E-state index < -0.39 is 6.10 Å². The highest BCUT2D eigenvalue weighted by Crippen LogP contribution is 2.16. The molecule has 0 aromatic rings. The summed E-state index contributed by atoms with van der Waals surface area (Å²) in [4.78, 5) is 37.7. The number of esters is 3. The van der Waals surface area contributed by atoms with E-state index in [1.807, 2.05) is 0 Å². The highest BCUT2D eigenvalue weighted by atomic mass is 16.6. The summed E-state index contributed by atoms with van der Waals surface area (Å²) in [5, 5.41) is 0. The Hall–Kier alpha value is -2.89. The van der Waals surface area contributed by atoms with Gasteiger partial charge in [-0.05, 0) is 64.2 Å². The molecule has 0 aromatic carbocycles. The molecule has 6 heteroatoms. The molecule has 1 atom stereocenters. The van der Waals surface area contributed by atoms with Gasteiger partial charge in [0, 0.05) is 19.3 Å². The quantitative estimate of drug-likeness (QED) is 0.0262. The van der Waals surface area contributed by atoms with Gasteiger partial charge in [0.1, 0.15) is 13.2 Å². The molecule has 0 rings (SSSR count). The summed E-state index contributed by atoms with van der Waals surface area (Å²) < 4.78 is 16.7. The van der Waals surface area contributed by atoms with Crippen LogP contribution < -0.4 is 0 Å². The topological polar surface area (TPSA) is 78.9 Å². The maximum absolute atomic E-state index is 12.7. The fraction of sp³-hybridized carbons (Fsp3) is 0.780. The van der Waals surface area contributed by atoms with Gasteiger partial charge >= 0.3 is 17.9 Å². The number of unbranched alkanes of at least 4 members (excludes halogenated alkanes) is 29. The van der Waals surface area contributed by atoms with E-state index in [0.29, 0.717) is 19.3 Å². The lowest BCUT2D eigenvalue weighted by molar-refractivity contribution is -0.167. The van der Waals surface area contributed by atoms with Gasteiger partial charge in [0.05, 0.1) is 0 Å². The van der Waals surface area contributed by atoms with Crippen LogP contribution in [0.1, 0.15) is 278 Å². The van der Waals surface area contributed by atoms with Crippen molar-refractivity contribution in [2.75, 3.05) is 13.2 Å². The summed E-state index contributed by atoms with van der Waals surface area (Å²) >= 11 is 0. The molecule has 0 radical (unpaired) electrons. The fourth-order valence-electron chi connectivity index (χ4n) is 7.88. The molecule has 0 heterocycles. The lowest BCUT2D eigenvalue weighted by Crippen LogP contribution is -2.30. The predicted molar refractivity (Wildman–Crippen MR) is 279 cm³/mol. The molecule has 6 nitrogen and oxygen atoms in total. The molecule has 0 aliphatic carbocycles. The maximum atomic E-state index is 12.7. The Morgan fingerprint density at radius 3 is 0.938 bits per heavy atom. The van der Waals surface area contributed by atoms with E-state index in [1.54, 1.807) is 0 Å². The third-order valence-electron chi connectivity index (χ3n) is 12.0. The largest absolute Gasteiger partial charge is 0.462 e. The molecule has 376 valence electrons. The maximum Gasteiger partial charge on any atom is 0.306 e. The molecule has 0 fully saturated rings. The Balaban J connectivity index is 4.13. The zero-order valence-electron chi connectivity index (χ0n) is 43.0. The van der Waals surface area contributed by atoms with Crippen molar-refractivity contribution < 1.29 is 28.6 Å². The Morgan fingerprint density at radius 2 is 0.600 bits per heavy atom. The minimum Gasteiger partial charge on any atom is -0.462 e. The lowest BCUT2D eigenvalue weighted by atomic mass is 10.0. The van der Waals surface area contributed by atoms with E-state index in [0.717, 1.165) is 103 Å². The number of carbonyl (C=O) groups excluding carboxylic acids is 3. The van der Waals surface area contributed by atoms with Crippen LogP contribution in [0.4, 0.5) is 0 Å². The molecule has 0 spiro atoms. The second-order valence-corrected chi connectivity index (χ2v) is 18.5. The predicted octanol–water partition coefficient (Wildman–Crippen LogP) is 18.4. The highest BCUT2D eigenvalue weighted by molar-refractivity contribution is 5.71. The van der Waals surface area contributed by atoms with Crippen molar-refractivity contribution in [3.63, 3.8) is 0 Å². The Kier molecular flexibility index (Phi) is 51.3. The van der Waals surface area contributed by atoms with Crippen LogP contribution in [0.5, 0.6) is 0 Å². The molecule has 0 bridgehead atoms. The standard InChI is InChI=1S/C59H104O6/c1-4-7-10-13-15-17-19-21-23-25-27-28-29-30-32-33-35-37-39-41-43-46-49-52-58(61)64-55-56(54-63-57(60)51-48-45-12-9-6-3)65-59(62)53-50-47-44-42-40-38-36-34-31-26-24-22-20-18-16-14-11-8-5-2/h8,11,16,18,22,24,31,34,38,40,56H,4-7,9-10,12-15,17,19-21,23,25-30,32-33,35-37,39,41-55H2,1-3H3/b11-8-,18-16-,24-22-,34-31-,40-38-. The van der Waals surface area contributed by atoms with Crippen LogP contribution in [0, 0.1) is 0 Å². The van der Waals surface area contributed by atoms with Crippen molar-refractivity contribution in [1.82, 2.24) is 0 Å². The Labute approximate surface area is 402 Å². The Morgan fingerprint density at radius 1 is 0.323 bits per heavy atom. The second-order valence-electron chi connectivity index (χ2n) is 18.5. The van der Waals surface area contributed by atoms with Gasteiger partial charge in [-0.3, -0.25) is 14.4 Å². The van der Waals surface area contributed by atoms with Gasteiger partial charge in [-0.2, -0.15) is 0 Å². The summed E-state index contributed by atoms with van der Waals surface area (Å²) in [6.45, 7) is 6.44. The first kappa shape index (κ1) is 62.1. The van der Waals surface area contributed by atoms with Crippen molar-refractivity contribution in [2.45, 2.75) is 284 Å². The minimum atomic E-state index is -0.786. The third kappa shape index (κ3) is 51.9. The summed E-state index contributed by atoms with van der Waals surface area (Å²) in [6.07, 6.45) is 66.9. The number of allylic oxidation sites excluding steroid dienone is 10. The smallest absolute Gasteiger partial charge is 0.306 e. The van der Waals surface area contributed by atoms with Crippen molar-refractivity contribution in [3.8, 4) is 0 Å². The van der Waals surface area contributed by atoms with Crippen molar-refractivity contribution in [2.24, 2.45) is 0 Å². The normalized spacial score (nSPS) is 12.5. The summed E-state index contributed by atoms with van der Waals surface area (Å²) in [7, 11) is 0. The molecule has 0 saturated heterocycles. The van der Waals surface area contributed by atoms with E-state index in [9.17, 15) is 14.4 Å². The molecule has 1 unspecified atom stereocenters. The van der Waals surface area contributed by atoms with E-state index >= 15 is 0 Å². The van der Waals surface area contributed by atoms with Crippen LogP contribution in [0.2, 0.25) is 0 Å². The number of hydrogen-bond acceptors (Lipinski definition) is 6. The Bertz CT molecular complexity index is 1180. The van der Waals surface area contributed by atoms with Crippen LogP contribution in [0.25, 0.3) is 0 Å². The summed E-state index contributed by atoms with van der Waals surface area (Å²) in [5.74, 6) is -0.924. The number of hydrogen-bond donors (Lipinski definition) is 0. The number of rotatable bonds is 50. The van der Waals surface area contributed by atoms with Gasteiger partial charge in [-0.15, -0.1) is 0 Å². The van der Waals surface area contributed by atoms with E-state index in [1.165, 1.54) is 135 Å². The molecular formula is C59H104O6. The van der Waals surface area contributed by atoms with Gasteiger partial charge in [0.25, 0.3) is 0 Å². The monoisotopic (exact) mass is 909 g/mol. The van der Waals surface area contributed by atoms with Crippen molar-refractivity contribution in [3.05, 3.63) is 60.8 Å². The second kappa shape index (κ2) is 53.7. The van der Waals surface area contributed by atoms with Crippen LogP contribution in [-0.4, -0.2) is 37.2 Å². The van der Waals surface area contributed by atoms with E-state index in [-0.39, 0.29) is 31.1 Å². The first-order valence-electron chi connectivity index (χ1n) is 27.8. The number of carbonyl (C=O) groups is 3. The van der Waals surface area contributed by atoms with Crippen LogP contribution in [0.15, 0.2) is 60.8 Å². The van der Waals surface area contributed by atoms with Gasteiger partial charge in [-0.25, -0.2) is 0 Å². The third-order valence-corrected chi connectivity index (χ3v) is 12.0. The molecule has 0 N–H and O–H groups in total. The molecule has 65 heavy (non-hydrogen) atoms. The summed E-state index contributed by atoms with van der Waals surface area (Å²) in [6, 6.07) is 0. The zero-order chi connectivity index (χ0) is 47.2. The van der Waals surface area contributed by atoms with Gasteiger partial charge < -0.3 is 14.2 Å². The van der Waals surface area contributed by atoms with Crippen LogP contribution in [0.3, 0.4) is 0 Å². The number of ether oxygens (including phenoxy) is 3. The van der Waals surface area contributed by atoms with Crippen molar-refractivity contribution >= 4 is 17.9 Å².